The van der Waals surface area contributed by atoms with Crippen LogP contribution in [0.5, 0.6) is 5.88 Å². The third-order valence-corrected chi connectivity index (χ3v) is 2.01. The lowest BCUT2D eigenvalue weighted by molar-refractivity contribution is -0.136. The van der Waals surface area contributed by atoms with Crippen molar-refractivity contribution < 1.29 is 14.6 Å². The molecule has 6 nitrogen and oxygen atoms in total. The molecule has 0 radical (unpaired) electrons. The molecule has 0 saturated heterocycles. The second-order valence-corrected chi connectivity index (χ2v) is 3.95. The van der Waals surface area contributed by atoms with E-state index in [0.717, 1.165) is 0 Å². The first kappa shape index (κ1) is 13.2. The van der Waals surface area contributed by atoms with Gasteiger partial charge in [0.1, 0.15) is 0 Å². The maximum Gasteiger partial charge on any atom is 0.305 e. The second-order valence-electron chi connectivity index (χ2n) is 3.95. The van der Waals surface area contributed by atoms with Gasteiger partial charge in [-0.3, -0.25) is 9.78 Å². The summed E-state index contributed by atoms with van der Waals surface area (Å²) in [5.74, 6) is 0.212. The highest BCUT2D eigenvalue weighted by Crippen LogP contribution is 2.13. The van der Waals surface area contributed by atoms with E-state index in [1.807, 2.05) is 13.8 Å². The molecule has 1 aromatic heterocycles. The second kappa shape index (κ2) is 6.03. The minimum Gasteiger partial charge on any atom is -0.481 e. The molecule has 0 aliphatic carbocycles. The molecule has 0 fully saturated rings. The van der Waals surface area contributed by atoms with E-state index < -0.39 is 5.97 Å². The normalized spacial score (nSPS) is 10.4. The summed E-state index contributed by atoms with van der Waals surface area (Å²) < 4.78 is 5.41. The number of ether oxygens (including phenoxy) is 1. The number of carboxylic acids is 1. The minimum absolute atomic E-state index is 0.0314. The van der Waals surface area contributed by atoms with Crippen LogP contribution in [0.3, 0.4) is 0 Å². The van der Waals surface area contributed by atoms with Crippen molar-refractivity contribution in [1.29, 1.82) is 0 Å². The molecule has 0 unspecified atom stereocenters. The van der Waals surface area contributed by atoms with Crippen molar-refractivity contribution in [3.63, 3.8) is 0 Å². The molecule has 1 N–H and O–H groups in total. The first-order valence-corrected chi connectivity index (χ1v) is 5.40. The summed E-state index contributed by atoms with van der Waals surface area (Å²) in [6, 6.07) is 0. The number of carbonyl (C=O) groups is 1. The van der Waals surface area contributed by atoms with E-state index in [2.05, 4.69) is 9.97 Å². The van der Waals surface area contributed by atoms with Gasteiger partial charge in [-0.1, -0.05) is 0 Å². The van der Waals surface area contributed by atoms with Crippen LogP contribution in [0.15, 0.2) is 12.4 Å². The Morgan fingerprint density at radius 3 is 2.82 bits per heavy atom. The monoisotopic (exact) mass is 239 g/mol. The van der Waals surface area contributed by atoms with E-state index in [0.29, 0.717) is 18.2 Å². The van der Waals surface area contributed by atoms with Gasteiger partial charge in [-0.15, -0.1) is 0 Å². The Labute approximate surface area is 100 Å². The van der Waals surface area contributed by atoms with E-state index in [9.17, 15) is 4.79 Å². The summed E-state index contributed by atoms with van der Waals surface area (Å²) >= 11 is 0. The number of rotatable bonds is 6. The summed E-state index contributed by atoms with van der Waals surface area (Å²) in [6.45, 7) is 4.19. The summed E-state index contributed by atoms with van der Waals surface area (Å²) in [5.41, 5.74) is 0. The number of nitrogens with zero attached hydrogens (tertiary/aromatic N) is 3. The molecule has 17 heavy (non-hydrogen) atoms. The van der Waals surface area contributed by atoms with Gasteiger partial charge in [-0.25, -0.2) is 0 Å². The van der Waals surface area contributed by atoms with Gasteiger partial charge in [0.2, 0.25) is 5.88 Å². The van der Waals surface area contributed by atoms with E-state index in [4.69, 9.17) is 9.84 Å². The highest BCUT2D eigenvalue weighted by molar-refractivity contribution is 5.67. The SMILES string of the molecule is CC(C)Oc1cncc(N(C)CCC(=O)O)n1. The molecule has 0 spiro atoms. The summed E-state index contributed by atoms with van der Waals surface area (Å²) in [7, 11) is 1.77. The average Bonchev–Trinajstić information content (AvgIpc) is 2.25. The van der Waals surface area contributed by atoms with Crippen LogP contribution in [-0.2, 0) is 4.79 Å². The van der Waals surface area contributed by atoms with Crippen molar-refractivity contribution >= 4 is 11.8 Å². The lowest BCUT2D eigenvalue weighted by atomic mass is 10.4. The van der Waals surface area contributed by atoms with Crippen LogP contribution in [-0.4, -0.2) is 40.7 Å². The average molecular weight is 239 g/mol. The molecule has 94 valence electrons. The molecule has 1 rings (SSSR count). The Balaban J connectivity index is 2.66. The molecule has 0 aromatic carbocycles. The van der Waals surface area contributed by atoms with Crippen molar-refractivity contribution in [2.45, 2.75) is 26.4 Å². The Kier molecular flexibility index (Phi) is 4.68. The Bertz CT molecular complexity index is 382. The zero-order chi connectivity index (χ0) is 12.8. The molecular weight excluding hydrogens is 222 g/mol. The lowest BCUT2D eigenvalue weighted by Gasteiger charge is -2.17. The number of aliphatic carboxylic acids is 1. The number of hydrogen-bond donors (Lipinski definition) is 1. The smallest absolute Gasteiger partial charge is 0.305 e. The molecule has 6 heteroatoms. The van der Waals surface area contributed by atoms with Gasteiger partial charge in [-0.05, 0) is 13.8 Å². The van der Waals surface area contributed by atoms with Gasteiger partial charge in [-0.2, -0.15) is 4.98 Å². The van der Waals surface area contributed by atoms with Gasteiger partial charge in [0.05, 0.1) is 24.9 Å². The quantitative estimate of drug-likeness (QED) is 0.803. The van der Waals surface area contributed by atoms with Crippen molar-refractivity contribution in [1.82, 2.24) is 9.97 Å². The maximum absolute atomic E-state index is 10.5. The molecule has 0 atom stereocenters. The Morgan fingerprint density at radius 1 is 1.53 bits per heavy atom. The highest BCUT2D eigenvalue weighted by atomic mass is 16.5. The van der Waals surface area contributed by atoms with Gasteiger partial charge < -0.3 is 14.7 Å². The molecule has 1 aromatic rings. The Morgan fingerprint density at radius 2 is 2.24 bits per heavy atom. The van der Waals surface area contributed by atoms with Crippen molar-refractivity contribution in [3.05, 3.63) is 12.4 Å². The predicted molar refractivity (Wildman–Crippen MR) is 63.3 cm³/mol. The molecule has 0 aliphatic heterocycles. The third-order valence-electron chi connectivity index (χ3n) is 2.01. The van der Waals surface area contributed by atoms with Gasteiger partial charge in [0.25, 0.3) is 0 Å². The van der Waals surface area contributed by atoms with Crippen LogP contribution in [0, 0.1) is 0 Å². The first-order chi connectivity index (χ1) is 7.99. The summed E-state index contributed by atoms with van der Waals surface area (Å²) in [6.07, 6.45) is 3.21. The lowest BCUT2D eigenvalue weighted by Crippen LogP contribution is -2.22. The molecule has 0 bridgehead atoms. The van der Waals surface area contributed by atoms with E-state index in [1.54, 1.807) is 18.1 Å². The van der Waals surface area contributed by atoms with Crippen LogP contribution in [0.25, 0.3) is 0 Å². The van der Waals surface area contributed by atoms with Gasteiger partial charge >= 0.3 is 5.97 Å². The van der Waals surface area contributed by atoms with Crippen molar-refractivity contribution in [3.8, 4) is 5.88 Å². The molecule has 0 aliphatic rings. The largest absolute Gasteiger partial charge is 0.481 e. The van der Waals surface area contributed by atoms with Crippen molar-refractivity contribution in [2.24, 2.45) is 0 Å². The van der Waals surface area contributed by atoms with Crippen LogP contribution >= 0.6 is 0 Å². The highest BCUT2D eigenvalue weighted by Gasteiger charge is 2.07. The fraction of sp³-hybridized carbons (Fsp3) is 0.545. The predicted octanol–water partition coefficient (Wildman–Crippen LogP) is 1.17. The summed E-state index contributed by atoms with van der Waals surface area (Å²) in [4.78, 5) is 20.4. The van der Waals surface area contributed by atoms with Crippen LogP contribution in [0.2, 0.25) is 0 Å². The zero-order valence-electron chi connectivity index (χ0n) is 10.3. The molecule has 1 heterocycles. The van der Waals surface area contributed by atoms with Gasteiger partial charge in [0.15, 0.2) is 5.82 Å². The Hall–Kier alpha value is -1.85. The number of aromatic nitrogens is 2. The molecular formula is C11H17N3O3. The first-order valence-electron chi connectivity index (χ1n) is 5.40. The van der Waals surface area contributed by atoms with Crippen molar-refractivity contribution in [2.75, 3.05) is 18.5 Å². The standard InChI is InChI=1S/C11H17N3O3/c1-8(2)17-10-7-12-6-9(13-10)14(3)5-4-11(15)16/h6-8H,4-5H2,1-3H3,(H,15,16). The molecule has 0 saturated carbocycles. The van der Waals surface area contributed by atoms with E-state index >= 15 is 0 Å². The minimum atomic E-state index is -0.834. The van der Waals surface area contributed by atoms with Crippen LogP contribution in [0.4, 0.5) is 5.82 Å². The fourth-order valence-corrected chi connectivity index (χ4v) is 1.20. The fourth-order valence-electron chi connectivity index (χ4n) is 1.20. The number of anilines is 1. The van der Waals surface area contributed by atoms with Gasteiger partial charge in [0, 0.05) is 13.6 Å². The topological polar surface area (TPSA) is 75.5 Å². The summed E-state index contributed by atoms with van der Waals surface area (Å²) in [5, 5.41) is 8.60. The number of hydrogen-bond acceptors (Lipinski definition) is 5. The maximum atomic E-state index is 10.5. The van der Waals surface area contributed by atoms with Crippen LogP contribution in [0.1, 0.15) is 20.3 Å². The third kappa shape index (κ3) is 4.67. The van der Waals surface area contributed by atoms with E-state index in [1.165, 1.54) is 6.20 Å². The van der Waals surface area contributed by atoms with Crippen LogP contribution < -0.4 is 9.64 Å². The zero-order valence-corrected chi connectivity index (χ0v) is 10.3. The number of carboxylic acid groups (broad SMARTS) is 1. The molecule has 0 amide bonds. The van der Waals surface area contributed by atoms with E-state index in [-0.39, 0.29) is 12.5 Å².